The van der Waals surface area contributed by atoms with Crippen LogP contribution >= 0.6 is 0 Å². The highest BCUT2D eigenvalue weighted by Crippen LogP contribution is 2.25. The highest BCUT2D eigenvalue weighted by Gasteiger charge is 2.21. The summed E-state index contributed by atoms with van der Waals surface area (Å²) in [5, 5.41) is 0. The number of hydrogen-bond acceptors (Lipinski definition) is 3. The zero-order chi connectivity index (χ0) is 17.8. The molecular weight excluding hydrogens is 306 g/mol. The highest BCUT2D eigenvalue weighted by atomic mass is 15.1. The van der Waals surface area contributed by atoms with Crippen molar-refractivity contribution in [2.24, 2.45) is 11.8 Å². The topological polar surface area (TPSA) is 29.0 Å². The molecule has 1 aromatic carbocycles. The summed E-state index contributed by atoms with van der Waals surface area (Å²) < 4.78 is 0. The molecular formula is C22H31N3. The first kappa shape index (κ1) is 18.1. The predicted octanol–water partition coefficient (Wildman–Crippen LogP) is 5.14. The first-order valence-electron chi connectivity index (χ1n) is 9.66. The van der Waals surface area contributed by atoms with Crippen LogP contribution in [0.2, 0.25) is 0 Å². The minimum atomic E-state index is 0.529. The Bertz CT molecular complexity index is 668. The summed E-state index contributed by atoms with van der Waals surface area (Å²) in [7, 11) is 0. The molecule has 0 aliphatic carbocycles. The molecule has 1 fully saturated rings. The zero-order valence-corrected chi connectivity index (χ0v) is 16.1. The molecule has 1 saturated heterocycles. The van der Waals surface area contributed by atoms with Crippen LogP contribution in [-0.2, 0) is 6.54 Å². The Morgan fingerprint density at radius 1 is 1.04 bits per heavy atom. The SMILES string of the molecule is CC(C)c1cccc(-c2cnc(CN3CCC(C(C)C)CC3)cn2)c1. The van der Waals surface area contributed by atoms with Gasteiger partial charge in [0.1, 0.15) is 0 Å². The molecule has 0 amide bonds. The van der Waals surface area contributed by atoms with E-state index in [0.717, 1.165) is 35.3 Å². The Morgan fingerprint density at radius 2 is 1.80 bits per heavy atom. The summed E-state index contributed by atoms with van der Waals surface area (Å²) in [6.07, 6.45) is 6.50. The van der Waals surface area contributed by atoms with Gasteiger partial charge < -0.3 is 0 Å². The minimum Gasteiger partial charge on any atom is -0.297 e. The quantitative estimate of drug-likeness (QED) is 0.757. The average Bonchev–Trinajstić information content (AvgIpc) is 2.63. The number of benzene rings is 1. The van der Waals surface area contributed by atoms with E-state index in [4.69, 9.17) is 0 Å². The molecule has 0 spiro atoms. The molecule has 3 rings (SSSR count). The van der Waals surface area contributed by atoms with Gasteiger partial charge in [-0.2, -0.15) is 0 Å². The summed E-state index contributed by atoms with van der Waals surface area (Å²) in [6, 6.07) is 8.63. The standard InChI is InChI=1S/C22H31N3/c1-16(2)18-8-10-25(11-9-18)15-21-13-24-22(14-23-21)20-7-5-6-19(12-20)17(3)4/h5-7,12-14,16-18H,8-11,15H2,1-4H3. The van der Waals surface area contributed by atoms with Crippen molar-refractivity contribution < 1.29 is 0 Å². The highest BCUT2D eigenvalue weighted by molar-refractivity contribution is 5.59. The molecule has 1 aliphatic rings. The van der Waals surface area contributed by atoms with Gasteiger partial charge in [0, 0.05) is 12.1 Å². The van der Waals surface area contributed by atoms with Crippen LogP contribution < -0.4 is 0 Å². The lowest BCUT2D eigenvalue weighted by Gasteiger charge is -2.33. The Labute approximate surface area is 152 Å². The number of aromatic nitrogens is 2. The van der Waals surface area contributed by atoms with Gasteiger partial charge in [-0.25, -0.2) is 0 Å². The van der Waals surface area contributed by atoms with E-state index < -0.39 is 0 Å². The minimum absolute atomic E-state index is 0.529. The van der Waals surface area contributed by atoms with Gasteiger partial charge in [-0.1, -0.05) is 45.9 Å². The van der Waals surface area contributed by atoms with Crippen LogP contribution in [0.15, 0.2) is 36.7 Å². The van der Waals surface area contributed by atoms with Crippen molar-refractivity contribution in [1.29, 1.82) is 0 Å². The van der Waals surface area contributed by atoms with Crippen molar-refractivity contribution in [2.45, 2.75) is 53.0 Å². The van der Waals surface area contributed by atoms with Crippen molar-refractivity contribution >= 4 is 0 Å². The van der Waals surface area contributed by atoms with Gasteiger partial charge in [0.15, 0.2) is 0 Å². The van der Waals surface area contributed by atoms with Crippen molar-refractivity contribution in [3.05, 3.63) is 47.9 Å². The lowest BCUT2D eigenvalue weighted by molar-refractivity contribution is 0.150. The summed E-state index contributed by atoms with van der Waals surface area (Å²) in [6.45, 7) is 12.4. The van der Waals surface area contributed by atoms with E-state index in [1.165, 1.54) is 31.5 Å². The largest absolute Gasteiger partial charge is 0.297 e. The predicted molar refractivity (Wildman–Crippen MR) is 104 cm³/mol. The molecule has 25 heavy (non-hydrogen) atoms. The Balaban J connectivity index is 1.62. The molecule has 2 heterocycles. The third kappa shape index (κ3) is 4.66. The molecule has 134 valence electrons. The number of rotatable bonds is 5. The first-order chi connectivity index (χ1) is 12.0. The fourth-order valence-electron chi connectivity index (χ4n) is 3.65. The van der Waals surface area contributed by atoms with Crippen molar-refractivity contribution in [1.82, 2.24) is 14.9 Å². The Hall–Kier alpha value is -1.74. The summed E-state index contributed by atoms with van der Waals surface area (Å²) in [5.74, 6) is 2.22. The molecule has 0 unspecified atom stereocenters. The Morgan fingerprint density at radius 3 is 2.40 bits per heavy atom. The van der Waals surface area contributed by atoms with Crippen molar-refractivity contribution in [2.75, 3.05) is 13.1 Å². The number of piperidine rings is 1. The number of hydrogen-bond donors (Lipinski definition) is 0. The second-order valence-electron chi connectivity index (χ2n) is 8.03. The maximum atomic E-state index is 4.67. The molecule has 3 heteroatoms. The van der Waals surface area contributed by atoms with E-state index in [1.54, 1.807) is 0 Å². The molecule has 0 bridgehead atoms. The molecule has 1 aliphatic heterocycles. The third-order valence-corrected chi connectivity index (χ3v) is 5.52. The summed E-state index contributed by atoms with van der Waals surface area (Å²) in [4.78, 5) is 11.9. The maximum absolute atomic E-state index is 4.67. The second-order valence-corrected chi connectivity index (χ2v) is 8.03. The van der Waals surface area contributed by atoms with Crippen LogP contribution in [0.5, 0.6) is 0 Å². The normalized spacial score (nSPS) is 16.7. The van der Waals surface area contributed by atoms with Crippen LogP contribution in [-0.4, -0.2) is 28.0 Å². The van der Waals surface area contributed by atoms with Gasteiger partial charge in [-0.3, -0.25) is 14.9 Å². The van der Waals surface area contributed by atoms with Gasteiger partial charge in [0.05, 0.1) is 23.8 Å². The lowest BCUT2D eigenvalue weighted by Crippen LogP contribution is -2.35. The lowest BCUT2D eigenvalue weighted by atomic mass is 9.87. The monoisotopic (exact) mass is 337 g/mol. The van der Waals surface area contributed by atoms with Crippen LogP contribution in [0.4, 0.5) is 0 Å². The molecule has 2 aromatic rings. The van der Waals surface area contributed by atoms with E-state index >= 15 is 0 Å². The summed E-state index contributed by atoms with van der Waals surface area (Å²) in [5.41, 5.74) is 4.54. The third-order valence-electron chi connectivity index (χ3n) is 5.52. The van der Waals surface area contributed by atoms with Crippen LogP contribution in [0.1, 0.15) is 57.7 Å². The fraction of sp³-hybridized carbons (Fsp3) is 0.545. The van der Waals surface area contributed by atoms with Crippen molar-refractivity contribution in [3.63, 3.8) is 0 Å². The van der Waals surface area contributed by atoms with E-state index in [9.17, 15) is 0 Å². The smallest absolute Gasteiger partial charge is 0.0885 e. The Kier molecular flexibility index (Phi) is 5.85. The van der Waals surface area contributed by atoms with E-state index in [0.29, 0.717) is 5.92 Å². The van der Waals surface area contributed by atoms with Gasteiger partial charge in [-0.05, 0) is 55.3 Å². The molecule has 0 atom stereocenters. The van der Waals surface area contributed by atoms with E-state index in [1.807, 2.05) is 12.4 Å². The van der Waals surface area contributed by atoms with Crippen LogP contribution in [0.25, 0.3) is 11.3 Å². The molecule has 0 saturated carbocycles. The average molecular weight is 338 g/mol. The fourth-order valence-corrected chi connectivity index (χ4v) is 3.65. The molecule has 3 nitrogen and oxygen atoms in total. The molecule has 0 radical (unpaired) electrons. The molecule has 0 N–H and O–H groups in total. The van der Waals surface area contributed by atoms with Crippen molar-refractivity contribution in [3.8, 4) is 11.3 Å². The van der Waals surface area contributed by atoms with Gasteiger partial charge in [0.25, 0.3) is 0 Å². The van der Waals surface area contributed by atoms with E-state index in [-0.39, 0.29) is 0 Å². The van der Waals surface area contributed by atoms with Gasteiger partial charge in [0.2, 0.25) is 0 Å². The van der Waals surface area contributed by atoms with Crippen LogP contribution in [0, 0.1) is 11.8 Å². The first-order valence-corrected chi connectivity index (χ1v) is 9.66. The van der Waals surface area contributed by atoms with E-state index in [2.05, 4.69) is 66.8 Å². The van der Waals surface area contributed by atoms with Crippen LogP contribution in [0.3, 0.4) is 0 Å². The number of likely N-dealkylation sites (tertiary alicyclic amines) is 1. The maximum Gasteiger partial charge on any atom is 0.0885 e. The number of nitrogens with zero attached hydrogens (tertiary/aromatic N) is 3. The molecule has 1 aromatic heterocycles. The summed E-state index contributed by atoms with van der Waals surface area (Å²) >= 11 is 0. The zero-order valence-electron chi connectivity index (χ0n) is 16.1. The van der Waals surface area contributed by atoms with Gasteiger partial charge in [-0.15, -0.1) is 0 Å². The second kappa shape index (κ2) is 8.09. The van der Waals surface area contributed by atoms with Gasteiger partial charge >= 0.3 is 0 Å².